The largest absolute Gasteiger partial charge is 0.506 e. The normalized spacial score (nSPS) is 12.7. The summed E-state index contributed by atoms with van der Waals surface area (Å²) in [5.74, 6) is -0.172. The molecule has 0 saturated heterocycles. The van der Waals surface area contributed by atoms with Gasteiger partial charge >= 0.3 is 0 Å². The Morgan fingerprint density at radius 3 is 2.10 bits per heavy atom. The van der Waals surface area contributed by atoms with E-state index in [9.17, 15) is 31.0 Å². The third kappa shape index (κ3) is 3.99. The highest BCUT2D eigenvalue weighted by molar-refractivity contribution is 7.86. The molecule has 0 amide bonds. The van der Waals surface area contributed by atoms with Crippen molar-refractivity contribution in [1.29, 1.82) is 0 Å². The number of rotatable bonds is 4. The molecule has 4 rings (SSSR count). The summed E-state index contributed by atoms with van der Waals surface area (Å²) in [5.41, 5.74) is -0.108. The summed E-state index contributed by atoms with van der Waals surface area (Å²) in [5, 5.41) is 19.6. The van der Waals surface area contributed by atoms with Crippen LogP contribution in [0.25, 0.3) is 21.5 Å². The van der Waals surface area contributed by atoms with Gasteiger partial charge in [-0.15, -0.1) is 10.2 Å². The maximum absolute atomic E-state index is 12.1. The van der Waals surface area contributed by atoms with Crippen LogP contribution in [0.5, 0.6) is 5.75 Å². The average molecular weight is 458 g/mol. The van der Waals surface area contributed by atoms with Gasteiger partial charge < -0.3 is 5.11 Å². The first-order valence-corrected chi connectivity index (χ1v) is 11.6. The Morgan fingerprint density at radius 2 is 1.39 bits per heavy atom. The van der Waals surface area contributed by atoms with E-state index in [2.05, 4.69) is 10.2 Å². The molecule has 0 aromatic heterocycles. The fraction of sp³-hybridized carbons (Fsp3) is 0. The molecule has 31 heavy (non-hydrogen) atoms. The molecule has 0 aliphatic heterocycles. The van der Waals surface area contributed by atoms with Crippen LogP contribution in [0.3, 0.4) is 0 Å². The number of fused-ring (bicyclic) bond motifs is 2. The molecule has 4 aromatic carbocycles. The van der Waals surface area contributed by atoms with Gasteiger partial charge in [-0.3, -0.25) is 9.11 Å². The SMILES string of the molecule is O=S(=O)(O)c1ccc2c(S(=O)(=O)O)c(N=Nc3c(O)ccc4ccccc34)ccc2c1. The predicted octanol–water partition coefficient (Wildman–Crippen LogP) is 4.61. The lowest BCUT2D eigenvalue weighted by Gasteiger charge is -2.08. The van der Waals surface area contributed by atoms with Crippen LogP contribution in [0.15, 0.2) is 86.7 Å². The van der Waals surface area contributed by atoms with Crippen molar-refractivity contribution in [3.05, 3.63) is 66.7 Å². The molecule has 158 valence electrons. The molecule has 0 bridgehead atoms. The van der Waals surface area contributed by atoms with Crippen LogP contribution in [-0.2, 0) is 20.2 Å². The number of phenolic OH excluding ortho intramolecular Hbond substituents is 1. The standard InChI is InChI=1S/C20H14N2O7S2/c23-18-10-6-12-3-1-2-4-15(12)19(18)22-21-17-9-5-13-11-14(30(24,25)26)7-8-16(13)20(17)31(27,28)29/h1-11,23H,(H,24,25,26)(H,27,28,29). The molecule has 0 aliphatic carbocycles. The van der Waals surface area contributed by atoms with Crippen LogP contribution in [0.2, 0.25) is 0 Å². The Hall–Kier alpha value is -3.38. The summed E-state index contributed by atoms with van der Waals surface area (Å²) in [7, 11) is -9.30. The van der Waals surface area contributed by atoms with Crippen molar-refractivity contribution in [3.63, 3.8) is 0 Å². The third-order valence-corrected chi connectivity index (χ3v) is 6.41. The second-order valence-electron chi connectivity index (χ2n) is 6.60. The van der Waals surface area contributed by atoms with E-state index < -0.39 is 30.0 Å². The van der Waals surface area contributed by atoms with Gasteiger partial charge in [-0.25, -0.2) is 0 Å². The minimum atomic E-state index is -4.79. The van der Waals surface area contributed by atoms with Crippen molar-refractivity contribution >= 4 is 53.2 Å². The molecule has 0 aliphatic rings. The van der Waals surface area contributed by atoms with E-state index >= 15 is 0 Å². The first-order chi connectivity index (χ1) is 14.6. The Balaban J connectivity index is 1.94. The average Bonchev–Trinajstić information content (AvgIpc) is 2.70. The molecule has 0 heterocycles. The summed E-state index contributed by atoms with van der Waals surface area (Å²) in [6.45, 7) is 0. The second kappa shape index (κ2) is 7.39. The summed E-state index contributed by atoms with van der Waals surface area (Å²) >= 11 is 0. The lowest BCUT2D eigenvalue weighted by Crippen LogP contribution is -2.01. The van der Waals surface area contributed by atoms with Gasteiger partial charge in [0.2, 0.25) is 0 Å². The minimum Gasteiger partial charge on any atom is -0.506 e. The molecule has 0 unspecified atom stereocenters. The molecule has 0 radical (unpaired) electrons. The van der Waals surface area contributed by atoms with Crippen LogP contribution in [0, 0.1) is 0 Å². The van der Waals surface area contributed by atoms with E-state index in [1.807, 2.05) is 0 Å². The molecule has 11 heteroatoms. The van der Waals surface area contributed by atoms with E-state index in [1.165, 1.54) is 18.2 Å². The van der Waals surface area contributed by atoms with Crippen molar-refractivity contribution < 1.29 is 31.0 Å². The van der Waals surface area contributed by atoms with Gasteiger partial charge in [0.25, 0.3) is 20.2 Å². The van der Waals surface area contributed by atoms with Crippen molar-refractivity contribution in [2.45, 2.75) is 9.79 Å². The minimum absolute atomic E-state index is 0.0199. The predicted molar refractivity (Wildman–Crippen MR) is 113 cm³/mol. The van der Waals surface area contributed by atoms with E-state index in [4.69, 9.17) is 0 Å². The number of aromatic hydroxyl groups is 1. The van der Waals surface area contributed by atoms with Gasteiger partial charge in [0.05, 0.1) is 4.90 Å². The topological polar surface area (TPSA) is 154 Å². The number of nitrogens with zero attached hydrogens (tertiary/aromatic N) is 2. The zero-order valence-electron chi connectivity index (χ0n) is 15.5. The zero-order chi connectivity index (χ0) is 22.4. The van der Waals surface area contributed by atoms with Crippen molar-refractivity contribution in [2.24, 2.45) is 10.2 Å². The van der Waals surface area contributed by atoms with Gasteiger partial charge in [0.15, 0.2) is 0 Å². The molecular formula is C20H14N2O7S2. The molecule has 0 atom stereocenters. The number of benzene rings is 4. The van der Waals surface area contributed by atoms with E-state index in [0.717, 1.165) is 23.6 Å². The van der Waals surface area contributed by atoms with Crippen LogP contribution in [-0.4, -0.2) is 31.0 Å². The fourth-order valence-corrected chi connectivity index (χ4v) is 4.58. The first kappa shape index (κ1) is 20.9. The number of hydrogen-bond acceptors (Lipinski definition) is 7. The number of phenols is 1. The first-order valence-electron chi connectivity index (χ1n) is 8.70. The maximum atomic E-state index is 12.1. The van der Waals surface area contributed by atoms with Crippen LogP contribution >= 0.6 is 0 Å². The van der Waals surface area contributed by atoms with Crippen LogP contribution < -0.4 is 0 Å². The Morgan fingerprint density at radius 1 is 0.677 bits per heavy atom. The maximum Gasteiger partial charge on any atom is 0.297 e. The molecule has 0 fully saturated rings. The second-order valence-corrected chi connectivity index (χ2v) is 9.38. The lowest BCUT2D eigenvalue weighted by atomic mass is 10.1. The summed E-state index contributed by atoms with van der Waals surface area (Å²) in [6, 6.07) is 16.0. The third-order valence-electron chi connectivity index (χ3n) is 4.61. The summed E-state index contributed by atoms with van der Waals surface area (Å²) in [6.07, 6.45) is 0. The highest BCUT2D eigenvalue weighted by atomic mass is 32.2. The number of azo groups is 1. The molecule has 9 nitrogen and oxygen atoms in total. The Kier molecular flexibility index (Phi) is 4.98. The highest BCUT2D eigenvalue weighted by Gasteiger charge is 2.21. The van der Waals surface area contributed by atoms with Gasteiger partial charge in [-0.2, -0.15) is 16.8 Å². The van der Waals surface area contributed by atoms with Crippen molar-refractivity contribution in [2.75, 3.05) is 0 Å². The van der Waals surface area contributed by atoms with Gasteiger partial charge in [0.1, 0.15) is 22.0 Å². The van der Waals surface area contributed by atoms with Crippen molar-refractivity contribution in [3.8, 4) is 5.75 Å². The van der Waals surface area contributed by atoms with E-state index in [0.29, 0.717) is 5.39 Å². The van der Waals surface area contributed by atoms with Crippen LogP contribution in [0.4, 0.5) is 11.4 Å². The fourth-order valence-electron chi connectivity index (χ4n) is 3.23. The molecular weight excluding hydrogens is 444 g/mol. The van der Waals surface area contributed by atoms with E-state index in [1.54, 1.807) is 30.3 Å². The molecule has 3 N–H and O–H groups in total. The van der Waals surface area contributed by atoms with E-state index in [-0.39, 0.29) is 27.9 Å². The lowest BCUT2D eigenvalue weighted by molar-refractivity contribution is 0.477. The zero-order valence-corrected chi connectivity index (χ0v) is 17.2. The monoisotopic (exact) mass is 458 g/mol. The molecule has 4 aromatic rings. The Labute approximate surface area is 176 Å². The van der Waals surface area contributed by atoms with Crippen LogP contribution in [0.1, 0.15) is 0 Å². The summed E-state index contributed by atoms with van der Waals surface area (Å²) in [4.78, 5) is -1.02. The summed E-state index contributed by atoms with van der Waals surface area (Å²) < 4.78 is 65.8. The van der Waals surface area contributed by atoms with Gasteiger partial charge in [0, 0.05) is 10.8 Å². The number of hydrogen-bond donors (Lipinski definition) is 3. The van der Waals surface area contributed by atoms with Gasteiger partial charge in [-0.1, -0.05) is 42.5 Å². The smallest absolute Gasteiger partial charge is 0.297 e. The van der Waals surface area contributed by atoms with Crippen molar-refractivity contribution in [1.82, 2.24) is 0 Å². The molecule has 0 saturated carbocycles. The van der Waals surface area contributed by atoms with Gasteiger partial charge in [-0.05, 0) is 35.0 Å². The Bertz CT molecular complexity index is 1600. The quantitative estimate of drug-likeness (QED) is 0.298. The highest BCUT2D eigenvalue weighted by Crippen LogP contribution is 2.38. The molecule has 0 spiro atoms.